The van der Waals surface area contributed by atoms with Crippen molar-refractivity contribution in [2.75, 3.05) is 25.9 Å². The van der Waals surface area contributed by atoms with Crippen molar-refractivity contribution in [2.45, 2.75) is 50.4 Å². The van der Waals surface area contributed by atoms with E-state index < -0.39 is 13.2 Å². The third-order valence-electron chi connectivity index (χ3n) is 6.87. The molecule has 2 aliphatic heterocycles. The standard InChI is InChI=1S/C22H28BFN6O3S/c1-23(31)30-15-5-7-17(30)20(24)18(9-15)29(2)22-28-27-21(34-22)16-6-4-13(14-10-25-26-11-14)8-19(16)33-12-32-3/h4,6,8,10-11,15,17-18,20,31H,5,7,9,12H2,1-3H3,(H,25,26)/t15?,17?,18-,20+/m0/s1. The second-order valence-electron chi connectivity index (χ2n) is 8.87. The van der Waals surface area contributed by atoms with Gasteiger partial charge in [0.25, 0.3) is 0 Å². The number of benzene rings is 1. The van der Waals surface area contributed by atoms with Gasteiger partial charge in [0.05, 0.1) is 17.8 Å². The van der Waals surface area contributed by atoms with Gasteiger partial charge in [-0.25, -0.2) is 4.39 Å². The topological polar surface area (TPSA) is 99.6 Å². The Morgan fingerprint density at radius 2 is 2.18 bits per heavy atom. The van der Waals surface area contributed by atoms with Gasteiger partial charge in [-0.05, 0) is 43.8 Å². The molecule has 12 heteroatoms. The number of alkyl halides is 1. The van der Waals surface area contributed by atoms with Crippen LogP contribution >= 0.6 is 11.3 Å². The summed E-state index contributed by atoms with van der Waals surface area (Å²) >= 11 is 1.41. The average molecular weight is 486 g/mol. The summed E-state index contributed by atoms with van der Waals surface area (Å²) in [5, 5.41) is 27.1. The van der Waals surface area contributed by atoms with E-state index >= 15 is 4.39 Å². The third kappa shape index (κ3) is 4.19. The fourth-order valence-corrected chi connectivity index (χ4v) is 6.15. The zero-order valence-corrected chi connectivity index (χ0v) is 20.2. The first-order valence-corrected chi connectivity index (χ1v) is 12.2. The van der Waals surface area contributed by atoms with Crippen molar-refractivity contribution in [1.29, 1.82) is 0 Å². The molecule has 4 atom stereocenters. The normalized spacial score (nSPS) is 24.4. The third-order valence-corrected chi connectivity index (χ3v) is 7.92. The number of piperidine rings is 1. The molecule has 180 valence electrons. The Hall–Kier alpha value is -2.54. The highest BCUT2D eigenvalue weighted by atomic mass is 32.1. The van der Waals surface area contributed by atoms with Gasteiger partial charge in [-0.2, -0.15) is 5.10 Å². The first-order chi connectivity index (χ1) is 16.5. The van der Waals surface area contributed by atoms with Crippen molar-refractivity contribution in [3.8, 4) is 27.4 Å². The fraction of sp³-hybridized carbons (Fsp3) is 0.500. The summed E-state index contributed by atoms with van der Waals surface area (Å²) in [6.07, 6.45) is 4.82. The summed E-state index contributed by atoms with van der Waals surface area (Å²) in [7, 11) is 2.82. The monoisotopic (exact) mass is 486 g/mol. The van der Waals surface area contributed by atoms with Gasteiger partial charge in [-0.3, -0.25) is 5.10 Å². The van der Waals surface area contributed by atoms with E-state index in [-0.39, 0.29) is 24.9 Å². The minimum atomic E-state index is -1.07. The van der Waals surface area contributed by atoms with Crippen LogP contribution < -0.4 is 9.64 Å². The maximum atomic E-state index is 15.5. The summed E-state index contributed by atoms with van der Waals surface area (Å²) in [5.74, 6) is 0.623. The maximum Gasteiger partial charge on any atom is 0.376 e. The lowest BCUT2D eigenvalue weighted by Gasteiger charge is -2.44. The van der Waals surface area contributed by atoms with Crippen molar-refractivity contribution in [1.82, 2.24) is 25.2 Å². The number of ether oxygens (including phenoxy) is 2. The van der Waals surface area contributed by atoms with Gasteiger partial charge in [0, 0.05) is 38.0 Å². The Morgan fingerprint density at radius 3 is 2.91 bits per heavy atom. The molecule has 5 rings (SSSR count). The number of hydrogen-bond donors (Lipinski definition) is 2. The molecular weight excluding hydrogens is 458 g/mol. The van der Waals surface area contributed by atoms with Crippen molar-refractivity contribution in [3.63, 3.8) is 0 Å². The number of aromatic nitrogens is 4. The van der Waals surface area contributed by atoms with Crippen LogP contribution in [-0.4, -0.2) is 82.5 Å². The van der Waals surface area contributed by atoms with E-state index in [4.69, 9.17) is 9.47 Å². The number of rotatable bonds is 8. The highest BCUT2D eigenvalue weighted by Gasteiger charge is 2.51. The number of fused-ring (bicyclic) bond motifs is 2. The molecule has 2 N–H and O–H groups in total. The Morgan fingerprint density at radius 1 is 1.32 bits per heavy atom. The van der Waals surface area contributed by atoms with Crippen LogP contribution in [0.15, 0.2) is 30.6 Å². The second-order valence-corrected chi connectivity index (χ2v) is 9.83. The number of nitrogens with one attached hydrogen (secondary N) is 1. The van der Waals surface area contributed by atoms with Crippen molar-refractivity contribution in [2.24, 2.45) is 0 Å². The Labute approximate surface area is 202 Å². The van der Waals surface area contributed by atoms with E-state index in [1.807, 2.05) is 41.2 Å². The predicted molar refractivity (Wildman–Crippen MR) is 130 cm³/mol. The number of hydrogen-bond acceptors (Lipinski definition) is 9. The first-order valence-electron chi connectivity index (χ1n) is 11.4. The van der Waals surface area contributed by atoms with E-state index in [9.17, 15) is 5.02 Å². The van der Waals surface area contributed by atoms with E-state index in [2.05, 4.69) is 20.4 Å². The van der Waals surface area contributed by atoms with Crippen LogP contribution in [0.25, 0.3) is 21.7 Å². The quantitative estimate of drug-likeness (QED) is 0.370. The molecule has 2 aliphatic rings. The second kappa shape index (κ2) is 9.61. The molecule has 0 radical (unpaired) electrons. The number of aromatic amines is 1. The van der Waals surface area contributed by atoms with Crippen LogP contribution in [0, 0.1) is 0 Å². The predicted octanol–water partition coefficient (Wildman–Crippen LogP) is 3.07. The lowest BCUT2D eigenvalue weighted by Crippen LogP contribution is -2.60. The zero-order valence-electron chi connectivity index (χ0n) is 19.4. The van der Waals surface area contributed by atoms with Gasteiger partial charge in [-0.15, -0.1) is 10.2 Å². The van der Waals surface area contributed by atoms with Gasteiger partial charge in [0.15, 0.2) is 11.8 Å². The SMILES string of the molecule is COCOc1cc(-c2cn[nH]c2)ccc1-c1nnc(N(C)[C@H]2CC3CCC([C@H]2F)N3B(C)O)s1. The molecule has 1 aromatic carbocycles. The summed E-state index contributed by atoms with van der Waals surface area (Å²) in [4.78, 5) is 3.84. The number of anilines is 1. The van der Waals surface area contributed by atoms with Crippen LogP contribution in [-0.2, 0) is 4.74 Å². The largest absolute Gasteiger partial charge is 0.467 e. The van der Waals surface area contributed by atoms with Gasteiger partial charge in [0.2, 0.25) is 5.13 Å². The fourth-order valence-electron chi connectivity index (χ4n) is 5.25. The lowest BCUT2D eigenvalue weighted by atomic mass is 9.78. The van der Waals surface area contributed by atoms with Crippen molar-refractivity contribution >= 4 is 23.5 Å². The minimum absolute atomic E-state index is 0.0988. The van der Waals surface area contributed by atoms with Crippen LogP contribution in [0.2, 0.25) is 6.82 Å². The molecule has 2 aromatic heterocycles. The van der Waals surface area contributed by atoms with E-state index in [1.54, 1.807) is 20.1 Å². The maximum absolute atomic E-state index is 15.5. The average Bonchev–Trinajstić information content (AvgIpc) is 3.59. The van der Waals surface area contributed by atoms with Crippen molar-refractivity contribution in [3.05, 3.63) is 30.6 Å². The highest BCUT2D eigenvalue weighted by molar-refractivity contribution is 7.18. The molecule has 4 heterocycles. The van der Waals surface area contributed by atoms with Gasteiger partial charge < -0.3 is 24.2 Å². The summed E-state index contributed by atoms with van der Waals surface area (Å²) in [6.45, 7) is 1.82. The number of halogens is 1. The summed E-state index contributed by atoms with van der Waals surface area (Å²) < 4.78 is 26.5. The van der Waals surface area contributed by atoms with Crippen molar-refractivity contribution < 1.29 is 18.9 Å². The molecular formula is C22H28BFN6O3S. The minimum Gasteiger partial charge on any atom is -0.467 e. The Balaban J connectivity index is 1.39. The Kier molecular flexibility index (Phi) is 6.56. The lowest BCUT2D eigenvalue weighted by molar-refractivity contribution is 0.0516. The smallest absolute Gasteiger partial charge is 0.376 e. The summed E-state index contributed by atoms with van der Waals surface area (Å²) in [5.41, 5.74) is 2.69. The molecule has 2 bridgehead atoms. The molecule has 3 aromatic rings. The zero-order chi connectivity index (χ0) is 23.8. The molecule has 0 amide bonds. The number of H-pyrrole nitrogens is 1. The van der Waals surface area contributed by atoms with E-state index in [0.717, 1.165) is 29.5 Å². The van der Waals surface area contributed by atoms with E-state index in [0.29, 0.717) is 22.3 Å². The number of nitrogens with zero attached hydrogens (tertiary/aromatic N) is 5. The van der Waals surface area contributed by atoms with Crippen LogP contribution in [0.3, 0.4) is 0 Å². The number of methoxy groups -OCH3 is 1. The molecule has 0 saturated carbocycles. The molecule has 34 heavy (non-hydrogen) atoms. The van der Waals surface area contributed by atoms with E-state index in [1.165, 1.54) is 11.3 Å². The Bertz CT molecular complexity index is 1120. The first kappa shape index (κ1) is 23.2. The summed E-state index contributed by atoms with van der Waals surface area (Å²) in [6, 6.07) is 5.46. The highest BCUT2D eigenvalue weighted by Crippen LogP contribution is 2.42. The molecule has 0 spiro atoms. The van der Waals surface area contributed by atoms with Gasteiger partial charge >= 0.3 is 7.05 Å². The molecule has 9 nitrogen and oxygen atoms in total. The van der Waals surface area contributed by atoms with Crippen LogP contribution in [0.1, 0.15) is 19.3 Å². The van der Waals surface area contributed by atoms with Crippen LogP contribution in [0.4, 0.5) is 9.52 Å². The van der Waals surface area contributed by atoms with Gasteiger partial charge in [-0.1, -0.05) is 17.4 Å². The molecule has 2 unspecified atom stereocenters. The molecule has 0 aliphatic carbocycles. The molecule has 2 fully saturated rings. The molecule has 2 saturated heterocycles. The van der Waals surface area contributed by atoms with Crippen LogP contribution in [0.5, 0.6) is 5.75 Å². The van der Waals surface area contributed by atoms with Gasteiger partial charge in [0.1, 0.15) is 11.9 Å².